The minimum Gasteiger partial charge on any atom is -0.323 e. The second-order valence-electron chi connectivity index (χ2n) is 4.75. The smallest absolute Gasteiger partial charge is 0.247 e. The van der Waals surface area contributed by atoms with Gasteiger partial charge in [-0.1, -0.05) is 24.3 Å². The van der Waals surface area contributed by atoms with Crippen molar-refractivity contribution in [2.75, 3.05) is 5.43 Å². The van der Waals surface area contributed by atoms with Gasteiger partial charge in [0.25, 0.3) is 0 Å². The van der Waals surface area contributed by atoms with E-state index in [1.807, 2.05) is 48.5 Å². The average Bonchev–Trinajstić information content (AvgIpc) is 3.17. The van der Waals surface area contributed by atoms with Crippen LogP contribution in [0.5, 0.6) is 0 Å². The van der Waals surface area contributed by atoms with Gasteiger partial charge in [-0.2, -0.15) is 5.10 Å². The Morgan fingerprint density at radius 2 is 1.57 bits per heavy atom. The van der Waals surface area contributed by atoms with Crippen molar-refractivity contribution in [3.63, 3.8) is 0 Å². The molecule has 0 fully saturated rings. The molecule has 23 heavy (non-hydrogen) atoms. The molecule has 8 nitrogen and oxygen atoms in total. The molecule has 0 radical (unpaired) electrons. The first kappa shape index (κ1) is 13.1. The van der Waals surface area contributed by atoms with Gasteiger partial charge in [0, 0.05) is 0 Å². The van der Waals surface area contributed by atoms with E-state index in [-0.39, 0.29) is 0 Å². The molecule has 2 heterocycles. The maximum atomic E-state index is 4.33. The molecule has 0 unspecified atom stereocenters. The second-order valence-corrected chi connectivity index (χ2v) is 4.75. The predicted molar refractivity (Wildman–Crippen MR) is 88.8 cm³/mol. The molecular formula is C15H12N8. The third-order valence-corrected chi connectivity index (χ3v) is 3.20. The van der Waals surface area contributed by atoms with E-state index in [1.165, 1.54) is 6.34 Å². The molecule has 4 rings (SSSR count). The molecule has 0 aliphatic carbocycles. The van der Waals surface area contributed by atoms with Gasteiger partial charge in [0.15, 0.2) is 6.34 Å². The highest BCUT2D eigenvalue weighted by Crippen LogP contribution is 2.15. The van der Waals surface area contributed by atoms with Gasteiger partial charge in [0.2, 0.25) is 11.9 Å². The van der Waals surface area contributed by atoms with Crippen LogP contribution in [0.3, 0.4) is 0 Å². The van der Waals surface area contributed by atoms with E-state index in [0.717, 1.165) is 22.1 Å². The first-order valence-electron chi connectivity index (χ1n) is 6.96. The van der Waals surface area contributed by atoms with Crippen LogP contribution in [0.1, 0.15) is 0 Å². The Morgan fingerprint density at radius 1 is 0.870 bits per heavy atom. The largest absolute Gasteiger partial charge is 0.323 e. The van der Waals surface area contributed by atoms with E-state index in [0.29, 0.717) is 11.9 Å². The maximum absolute atomic E-state index is 4.33. The van der Waals surface area contributed by atoms with Crippen molar-refractivity contribution in [1.29, 1.82) is 0 Å². The van der Waals surface area contributed by atoms with Gasteiger partial charge in [0.1, 0.15) is 0 Å². The van der Waals surface area contributed by atoms with E-state index in [2.05, 4.69) is 40.7 Å². The molecule has 4 aromatic rings. The summed E-state index contributed by atoms with van der Waals surface area (Å²) in [6.45, 7) is 0. The van der Waals surface area contributed by atoms with E-state index in [1.54, 1.807) is 0 Å². The lowest BCUT2D eigenvalue weighted by Crippen LogP contribution is -1.89. The fraction of sp³-hybridized carbons (Fsp3) is 0. The SMILES string of the molecule is C(=NNc1nc2ccccc2[nH]1)N=Nc1nc2ccccc2[nH]1. The summed E-state index contributed by atoms with van der Waals surface area (Å²) in [5.74, 6) is 0.975. The quantitative estimate of drug-likeness (QED) is 0.232. The summed E-state index contributed by atoms with van der Waals surface area (Å²) in [5.41, 5.74) is 6.34. The van der Waals surface area contributed by atoms with Gasteiger partial charge in [-0.25, -0.2) is 15.4 Å². The van der Waals surface area contributed by atoms with Crippen LogP contribution >= 0.6 is 0 Å². The zero-order chi connectivity index (χ0) is 15.5. The third-order valence-electron chi connectivity index (χ3n) is 3.20. The fourth-order valence-corrected chi connectivity index (χ4v) is 2.19. The van der Waals surface area contributed by atoms with E-state index in [9.17, 15) is 0 Å². The molecule has 0 aliphatic rings. The number of para-hydroxylation sites is 4. The van der Waals surface area contributed by atoms with Gasteiger partial charge in [-0.15, -0.1) is 10.2 Å². The zero-order valence-corrected chi connectivity index (χ0v) is 11.9. The van der Waals surface area contributed by atoms with Crippen LogP contribution in [0.2, 0.25) is 0 Å². The number of aromatic amines is 2. The molecule has 0 saturated carbocycles. The van der Waals surface area contributed by atoms with E-state index < -0.39 is 0 Å². The summed E-state index contributed by atoms with van der Waals surface area (Å²) in [7, 11) is 0. The summed E-state index contributed by atoms with van der Waals surface area (Å²) in [6.07, 6.45) is 1.29. The van der Waals surface area contributed by atoms with Crippen molar-refractivity contribution in [2.24, 2.45) is 15.3 Å². The Balaban J connectivity index is 1.42. The molecule has 2 aromatic carbocycles. The van der Waals surface area contributed by atoms with Crippen LogP contribution in [0, 0.1) is 0 Å². The lowest BCUT2D eigenvalue weighted by molar-refractivity contribution is 1.15. The number of hydrogen-bond donors (Lipinski definition) is 3. The number of fused-ring (bicyclic) bond motifs is 2. The van der Waals surface area contributed by atoms with Crippen LogP contribution in [0.15, 0.2) is 63.9 Å². The van der Waals surface area contributed by atoms with Crippen molar-refractivity contribution >= 4 is 40.3 Å². The molecule has 0 bridgehead atoms. The van der Waals surface area contributed by atoms with Crippen LogP contribution in [-0.2, 0) is 0 Å². The Hall–Kier alpha value is -3.55. The van der Waals surface area contributed by atoms with E-state index >= 15 is 0 Å². The highest BCUT2D eigenvalue weighted by atomic mass is 15.4. The van der Waals surface area contributed by atoms with Crippen molar-refractivity contribution in [3.05, 3.63) is 48.5 Å². The van der Waals surface area contributed by atoms with Crippen LogP contribution < -0.4 is 5.43 Å². The standard InChI is InChI=1S/C15H12N8/c1-2-6-11-10(5-1)18-14(19-11)22-16-9-17-23-15-20-12-7-3-4-8-13(12)21-15/h1-9H,(H,18,19)(H2,20,21,23). The zero-order valence-electron chi connectivity index (χ0n) is 11.9. The first-order chi connectivity index (χ1) is 11.4. The third kappa shape index (κ3) is 2.77. The highest BCUT2D eigenvalue weighted by Gasteiger charge is 2.00. The number of anilines is 1. The number of hydrogen-bond acceptors (Lipinski definition) is 5. The Kier molecular flexibility index (Phi) is 3.24. The molecule has 8 heteroatoms. The minimum absolute atomic E-state index is 0.432. The number of imidazole rings is 2. The summed E-state index contributed by atoms with van der Waals surface area (Å²) in [6, 6.07) is 15.4. The average molecular weight is 304 g/mol. The summed E-state index contributed by atoms with van der Waals surface area (Å²) >= 11 is 0. The van der Waals surface area contributed by atoms with Crippen molar-refractivity contribution in [2.45, 2.75) is 0 Å². The first-order valence-corrected chi connectivity index (χ1v) is 6.96. The number of nitrogens with zero attached hydrogens (tertiary/aromatic N) is 5. The number of rotatable bonds is 4. The van der Waals surface area contributed by atoms with Crippen molar-refractivity contribution < 1.29 is 0 Å². The molecule has 3 N–H and O–H groups in total. The molecular weight excluding hydrogens is 292 g/mol. The lowest BCUT2D eigenvalue weighted by atomic mass is 10.3. The fourth-order valence-electron chi connectivity index (χ4n) is 2.19. The Morgan fingerprint density at radius 3 is 2.30 bits per heavy atom. The number of benzene rings is 2. The van der Waals surface area contributed by atoms with E-state index in [4.69, 9.17) is 0 Å². The predicted octanol–water partition coefficient (Wildman–Crippen LogP) is 3.58. The van der Waals surface area contributed by atoms with Gasteiger partial charge in [-0.3, -0.25) is 0 Å². The second kappa shape index (κ2) is 5.68. The number of aromatic nitrogens is 4. The minimum atomic E-state index is 0.432. The molecule has 0 spiro atoms. The molecule has 0 atom stereocenters. The molecule has 0 amide bonds. The van der Waals surface area contributed by atoms with Crippen molar-refractivity contribution in [1.82, 2.24) is 19.9 Å². The number of nitrogens with one attached hydrogen (secondary N) is 3. The monoisotopic (exact) mass is 304 g/mol. The number of hydrazone groups is 1. The summed E-state index contributed by atoms with van der Waals surface area (Å²) in [5, 5.41) is 11.7. The molecule has 0 aliphatic heterocycles. The van der Waals surface area contributed by atoms with Gasteiger partial charge < -0.3 is 9.97 Å². The normalized spacial score (nSPS) is 12.0. The van der Waals surface area contributed by atoms with Crippen LogP contribution in [0.4, 0.5) is 11.9 Å². The Labute approximate surface area is 130 Å². The van der Waals surface area contributed by atoms with Crippen LogP contribution in [0.25, 0.3) is 22.1 Å². The van der Waals surface area contributed by atoms with Gasteiger partial charge >= 0.3 is 0 Å². The van der Waals surface area contributed by atoms with Crippen LogP contribution in [-0.4, -0.2) is 26.3 Å². The molecule has 0 saturated heterocycles. The van der Waals surface area contributed by atoms with Crippen molar-refractivity contribution in [3.8, 4) is 0 Å². The van der Waals surface area contributed by atoms with Gasteiger partial charge in [0.05, 0.1) is 22.1 Å². The Bertz CT molecular complexity index is 944. The molecule has 112 valence electrons. The highest BCUT2D eigenvalue weighted by molar-refractivity contribution is 5.77. The summed E-state index contributed by atoms with van der Waals surface area (Å²) in [4.78, 5) is 14.8. The van der Waals surface area contributed by atoms with Gasteiger partial charge in [-0.05, 0) is 24.3 Å². The summed E-state index contributed by atoms with van der Waals surface area (Å²) < 4.78 is 0. The number of azo groups is 1. The topological polar surface area (TPSA) is 106 Å². The molecule has 2 aromatic heterocycles. The maximum Gasteiger partial charge on any atom is 0.247 e. The number of H-pyrrole nitrogens is 2. The lowest BCUT2D eigenvalue weighted by Gasteiger charge is -1.89.